The summed E-state index contributed by atoms with van der Waals surface area (Å²) in [5, 5.41) is 5.69. The van der Waals surface area contributed by atoms with E-state index in [1.165, 1.54) is 6.07 Å². The van der Waals surface area contributed by atoms with Crippen LogP contribution in [-0.4, -0.2) is 44.5 Å². The van der Waals surface area contributed by atoms with Crippen molar-refractivity contribution >= 4 is 11.6 Å². The summed E-state index contributed by atoms with van der Waals surface area (Å²) in [6, 6.07) is 4.68. The van der Waals surface area contributed by atoms with Gasteiger partial charge in [0.15, 0.2) is 0 Å². The molecule has 5 heteroatoms. The molecule has 0 fully saturated rings. The Labute approximate surface area is 107 Å². The summed E-state index contributed by atoms with van der Waals surface area (Å²) in [4.78, 5) is 13.6. The summed E-state index contributed by atoms with van der Waals surface area (Å²) in [5.74, 6) is -0.451. The number of anilines is 1. The Balaban J connectivity index is 2.46. The summed E-state index contributed by atoms with van der Waals surface area (Å²) in [7, 11) is 3.73. The fourth-order valence-electron chi connectivity index (χ4n) is 1.50. The lowest BCUT2D eigenvalue weighted by atomic mass is 10.2. The van der Waals surface area contributed by atoms with Crippen LogP contribution in [0.4, 0.5) is 10.1 Å². The van der Waals surface area contributed by atoms with Crippen LogP contribution in [0.1, 0.15) is 5.56 Å². The van der Waals surface area contributed by atoms with Crippen molar-refractivity contribution < 1.29 is 9.18 Å². The van der Waals surface area contributed by atoms with Crippen LogP contribution in [-0.2, 0) is 4.79 Å². The predicted molar refractivity (Wildman–Crippen MR) is 71.2 cm³/mol. The zero-order valence-corrected chi connectivity index (χ0v) is 11.1. The Morgan fingerprint density at radius 3 is 2.78 bits per heavy atom. The van der Waals surface area contributed by atoms with Crippen LogP contribution >= 0.6 is 0 Å². The number of carbonyl (C=O) groups excluding carboxylic acids is 1. The Kier molecular flexibility index (Phi) is 5.74. The molecule has 4 nitrogen and oxygen atoms in total. The highest BCUT2D eigenvalue weighted by Crippen LogP contribution is 2.13. The van der Waals surface area contributed by atoms with Gasteiger partial charge in [-0.05, 0) is 38.7 Å². The van der Waals surface area contributed by atoms with Gasteiger partial charge < -0.3 is 10.6 Å². The molecular weight excluding hydrogens is 233 g/mol. The van der Waals surface area contributed by atoms with Gasteiger partial charge in [-0.15, -0.1) is 0 Å². The Hall–Kier alpha value is -1.46. The summed E-state index contributed by atoms with van der Waals surface area (Å²) >= 11 is 0. The topological polar surface area (TPSA) is 44.4 Å². The number of nitrogens with one attached hydrogen (secondary N) is 2. The second-order valence-electron chi connectivity index (χ2n) is 4.35. The molecule has 0 heterocycles. The van der Waals surface area contributed by atoms with Gasteiger partial charge in [-0.2, -0.15) is 0 Å². The first kappa shape index (κ1) is 14.6. The number of likely N-dealkylation sites (N-methyl/N-ethyl adjacent to an activating group) is 2. The predicted octanol–water partition coefficient (Wildman–Crippen LogP) is 1.22. The molecular formula is C13H20FN3O. The standard InChI is InChI=1S/C13H20FN3O/c1-10-4-5-11(8-12(10)14)16-13(18)9-17(3)7-6-15-2/h4-5,8,15H,6-7,9H2,1-3H3,(H,16,18). The number of nitrogens with zero attached hydrogens (tertiary/aromatic N) is 1. The van der Waals surface area contributed by atoms with Crippen molar-refractivity contribution in [2.45, 2.75) is 6.92 Å². The maximum Gasteiger partial charge on any atom is 0.238 e. The van der Waals surface area contributed by atoms with Gasteiger partial charge in [-0.25, -0.2) is 4.39 Å². The molecule has 1 amide bonds. The minimum atomic E-state index is -0.309. The third kappa shape index (κ3) is 4.81. The Morgan fingerprint density at radius 2 is 2.17 bits per heavy atom. The minimum Gasteiger partial charge on any atom is -0.325 e. The molecule has 0 aromatic heterocycles. The SMILES string of the molecule is CNCCN(C)CC(=O)Nc1ccc(C)c(F)c1. The van der Waals surface area contributed by atoms with Gasteiger partial charge in [0, 0.05) is 18.8 Å². The molecule has 0 spiro atoms. The fraction of sp³-hybridized carbons (Fsp3) is 0.462. The molecule has 18 heavy (non-hydrogen) atoms. The summed E-state index contributed by atoms with van der Waals surface area (Å²) in [5.41, 5.74) is 1.06. The smallest absolute Gasteiger partial charge is 0.238 e. The maximum atomic E-state index is 13.3. The van der Waals surface area contributed by atoms with Crippen molar-refractivity contribution in [2.24, 2.45) is 0 Å². The van der Waals surface area contributed by atoms with Gasteiger partial charge in [0.1, 0.15) is 5.82 Å². The number of amides is 1. The van der Waals surface area contributed by atoms with Crippen LogP contribution < -0.4 is 10.6 Å². The fourth-order valence-corrected chi connectivity index (χ4v) is 1.50. The van der Waals surface area contributed by atoms with Crippen molar-refractivity contribution in [2.75, 3.05) is 39.0 Å². The van der Waals surface area contributed by atoms with Crippen molar-refractivity contribution in [3.63, 3.8) is 0 Å². The molecule has 100 valence electrons. The van der Waals surface area contributed by atoms with E-state index < -0.39 is 0 Å². The lowest BCUT2D eigenvalue weighted by Crippen LogP contribution is -2.34. The molecule has 0 bridgehead atoms. The van der Waals surface area contributed by atoms with E-state index in [2.05, 4.69) is 10.6 Å². The van der Waals surface area contributed by atoms with Gasteiger partial charge in [0.2, 0.25) is 5.91 Å². The first-order valence-corrected chi connectivity index (χ1v) is 5.92. The van der Waals surface area contributed by atoms with Crippen molar-refractivity contribution in [3.05, 3.63) is 29.6 Å². The first-order chi connectivity index (χ1) is 8.52. The Morgan fingerprint density at radius 1 is 1.44 bits per heavy atom. The van der Waals surface area contributed by atoms with E-state index in [-0.39, 0.29) is 18.3 Å². The van der Waals surface area contributed by atoms with Gasteiger partial charge in [-0.1, -0.05) is 6.07 Å². The number of hydrogen-bond donors (Lipinski definition) is 2. The van der Waals surface area contributed by atoms with Crippen molar-refractivity contribution in [1.29, 1.82) is 0 Å². The highest BCUT2D eigenvalue weighted by atomic mass is 19.1. The van der Waals surface area contributed by atoms with E-state index in [1.807, 2.05) is 19.0 Å². The molecule has 0 saturated carbocycles. The second-order valence-corrected chi connectivity index (χ2v) is 4.35. The molecule has 0 aliphatic rings. The van der Waals surface area contributed by atoms with Gasteiger partial charge in [0.05, 0.1) is 6.54 Å². The van der Waals surface area contributed by atoms with Crippen LogP contribution in [0.15, 0.2) is 18.2 Å². The van der Waals surface area contributed by atoms with Gasteiger partial charge >= 0.3 is 0 Å². The number of aryl methyl sites for hydroxylation is 1. The molecule has 2 N–H and O–H groups in total. The van der Waals surface area contributed by atoms with E-state index in [9.17, 15) is 9.18 Å². The number of halogens is 1. The van der Waals surface area contributed by atoms with E-state index in [0.29, 0.717) is 11.3 Å². The molecule has 0 atom stereocenters. The molecule has 1 rings (SSSR count). The molecule has 0 saturated heterocycles. The number of carbonyl (C=O) groups is 1. The normalized spacial score (nSPS) is 10.7. The quantitative estimate of drug-likeness (QED) is 0.801. The average molecular weight is 253 g/mol. The zero-order chi connectivity index (χ0) is 13.5. The van der Waals surface area contributed by atoms with E-state index in [0.717, 1.165) is 13.1 Å². The summed E-state index contributed by atoms with van der Waals surface area (Å²) in [6.07, 6.45) is 0. The van der Waals surface area contributed by atoms with E-state index >= 15 is 0 Å². The lowest BCUT2D eigenvalue weighted by Gasteiger charge is -2.15. The molecule has 0 aliphatic carbocycles. The van der Waals surface area contributed by atoms with Crippen molar-refractivity contribution in [1.82, 2.24) is 10.2 Å². The number of hydrogen-bond acceptors (Lipinski definition) is 3. The highest BCUT2D eigenvalue weighted by molar-refractivity contribution is 5.92. The summed E-state index contributed by atoms with van der Waals surface area (Å²) in [6.45, 7) is 3.58. The monoisotopic (exact) mass is 253 g/mol. The number of benzene rings is 1. The number of rotatable bonds is 6. The highest BCUT2D eigenvalue weighted by Gasteiger charge is 2.07. The second kappa shape index (κ2) is 7.08. The third-order valence-corrected chi connectivity index (χ3v) is 2.61. The largest absolute Gasteiger partial charge is 0.325 e. The van der Waals surface area contributed by atoms with E-state index in [1.54, 1.807) is 19.1 Å². The molecule has 0 unspecified atom stereocenters. The molecule has 1 aromatic carbocycles. The minimum absolute atomic E-state index is 0.142. The van der Waals surface area contributed by atoms with Crippen LogP contribution in [0.5, 0.6) is 0 Å². The molecule has 1 aromatic rings. The van der Waals surface area contributed by atoms with Crippen LogP contribution in [0, 0.1) is 12.7 Å². The Bertz CT molecular complexity index is 409. The van der Waals surface area contributed by atoms with Gasteiger partial charge in [-0.3, -0.25) is 9.69 Å². The lowest BCUT2D eigenvalue weighted by molar-refractivity contribution is -0.117. The van der Waals surface area contributed by atoms with Crippen LogP contribution in [0.25, 0.3) is 0 Å². The van der Waals surface area contributed by atoms with E-state index in [4.69, 9.17) is 0 Å². The first-order valence-electron chi connectivity index (χ1n) is 5.92. The van der Waals surface area contributed by atoms with Crippen LogP contribution in [0.3, 0.4) is 0 Å². The van der Waals surface area contributed by atoms with Crippen LogP contribution in [0.2, 0.25) is 0 Å². The van der Waals surface area contributed by atoms with Gasteiger partial charge in [0.25, 0.3) is 0 Å². The van der Waals surface area contributed by atoms with Crippen molar-refractivity contribution in [3.8, 4) is 0 Å². The molecule has 0 aliphatic heterocycles. The maximum absolute atomic E-state index is 13.3. The average Bonchev–Trinajstić information content (AvgIpc) is 2.31. The zero-order valence-electron chi connectivity index (χ0n) is 11.1. The summed E-state index contributed by atoms with van der Waals surface area (Å²) < 4.78 is 13.3. The molecule has 0 radical (unpaired) electrons. The third-order valence-electron chi connectivity index (χ3n) is 2.61.